The van der Waals surface area contributed by atoms with Crippen LogP contribution >= 0.6 is 0 Å². The van der Waals surface area contributed by atoms with Crippen LogP contribution < -0.4 is 11.1 Å². The van der Waals surface area contributed by atoms with Gasteiger partial charge in [-0.05, 0) is 47.5 Å². The Kier molecular flexibility index (Phi) is 5.32. The average Bonchev–Trinajstić information content (AvgIpc) is 2.86. The van der Waals surface area contributed by atoms with E-state index < -0.39 is 0 Å². The Morgan fingerprint density at radius 2 is 1.41 bits per heavy atom. The topological polar surface area (TPSA) is 115 Å². The Balaban J connectivity index is 1.53. The molecule has 0 unspecified atom stereocenters. The maximum Gasteiger partial charge on any atom is 0.219 e. The second kappa shape index (κ2) is 8.73. The predicted molar refractivity (Wildman–Crippen MR) is 124 cm³/mol. The minimum atomic E-state index is 0.0954. The molecule has 0 aliphatic heterocycles. The number of pyridine rings is 2. The molecule has 0 amide bonds. The SMILES string of the molecule is Nc1ncc(-c2nc(NCC(c3ccncc3)c3ccncc3)c3ccccc3n2)cn1. The molecular formula is C24H20N8. The second-order valence-corrected chi connectivity index (χ2v) is 7.24. The van der Waals surface area contributed by atoms with Crippen LogP contribution in [0.3, 0.4) is 0 Å². The number of aromatic nitrogens is 6. The highest BCUT2D eigenvalue weighted by Gasteiger charge is 2.16. The second-order valence-electron chi connectivity index (χ2n) is 7.24. The van der Waals surface area contributed by atoms with Gasteiger partial charge in [-0.25, -0.2) is 19.9 Å². The first-order chi connectivity index (χ1) is 15.8. The lowest BCUT2D eigenvalue weighted by Gasteiger charge is -2.19. The van der Waals surface area contributed by atoms with Gasteiger partial charge in [-0.1, -0.05) is 12.1 Å². The summed E-state index contributed by atoms with van der Waals surface area (Å²) in [5.41, 5.74) is 9.48. The third-order valence-electron chi connectivity index (χ3n) is 5.22. The molecule has 32 heavy (non-hydrogen) atoms. The van der Waals surface area contributed by atoms with Crippen LogP contribution in [0.1, 0.15) is 17.0 Å². The van der Waals surface area contributed by atoms with E-state index in [-0.39, 0.29) is 11.9 Å². The van der Waals surface area contributed by atoms with E-state index in [1.807, 2.05) is 73.3 Å². The summed E-state index contributed by atoms with van der Waals surface area (Å²) in [4.78, 5) is 25.9. The minimum absolute atomic E-state index is 0.0954. The number of nitrogen functional groups attached to an aromatic ring is 1. The van der Waals surface area contributed by atoms with Gasteiger partial charge in [0.15, 0.2) is 5.82 Å². The fraction of sp³-hybridized carbons (Fsp3) is 0.0833. The molecular weight excluding hydrogens is 400 g/mol. The van der Waals surface area contributed by atoms with Crippen LogP contribution in [0.5, 0.6) is 0 Å². The van der Waals surface area contributed by atoms with E-state index in [0.717, 1.165) is 27.8 Å². The standard InChI is InChI=1S/C24H20N8/c25-24-29-13-18(14-30-24)22-31-21-4-2-1-3-19(21)23(32-22)28-15-20(16-5-9-26-10-6-16)17-7-11-27-12-8-17/h1-14,20H,15H2,(H2,25,29,30)(H,28,31,32). The Hall–Kier alpha value is -4.46. The lowest BCUT2D eigenvalue weighted by molar-refractivity contribution is 0.844. The summed E-state index contributed by atoms with van der Waals surface area (Å²) in [6.45, 7) is 0.632. The molecule has 0 radical (unpaired) electrons. The number of nitrogens with one attached hydrogen (secondary N) is 1. The molecule has 0 fully saturated rings. The van der Waals surface area contributed by atoms with E-state index in [0.29, 0.717) is 17.9 Å². The van der Waals surface area contributed by atoms with Gasteiger partial charge in [0.05, 0.1) is 11.1 Å². The molecule has 0 atom stereocenters. The van der Waals surface area contributed by atoms with Crippen molar-refractivity contribution in [3.05, 3.63) is 96.8 Å². The van der Waals surface area contributed by atoms with Crippen molar-refractivity contribution in [1.29, 1.82) is 0 Å². The maximum absolute atomic E-state index is 5.63. The monoisotopic (exact) mass is 420 g/mol. The van der Waals surface area contributed by atoms with Crippen LogP contribution in [0.2, 0.25) is 0 Å². The van der Waals surface area contributed by atoms with Gasteiger partial charge in [-0.3, -0.25) is 9.97 Å². The van der Waals surface area contributed by atoms with Crippen molar-refractivity contribution in [2.24, 2.45) is 0 Å². The van der Waals surface area contributed by atoms with E-state index in [1.54, 1.807) is 12.4 Å². The largest absolute Gasteiger partial charge is 0.368 e. The van der Waals surface area contributed by atoms with Gasteiger partial charge in [-0.2, -0.15) is 0 Å². The summed E-state index contributed by atoms with van der Waals surface area (Å²) in [6.07, 6.45) is 10.5. The van der Waals surface area contributed by atoms with Crippen molar-refractivity contribution in [3.63, 3.8) is 0 Å². The molecule has 4 aromatic heterocycles. The first-order valence-electron chi connectivity index (χ1n) is 10.2. The Morgan fingerprint density at radius 1 is 0.781 bits per heavy atom. The smallest absolute Gasteiger partial charge is 0.219 e. The van der Waals surface area contributed by atoms with Crippen LogP contribution in [-0.2, 0) is 0 Å². The van der Waals surface area contributed by atoms with Crippen LogP contribution in [-0.4, -0.2) is 36.4 Å². The van der Waals surface area contributed by atoms with Gasteiger partial charge in [0.25, 0.3) is 0 Å². The summed E-state index contributed by atoms with van der Waals surface area (Å²) in [6, 6.07) is 16.0. The van der Waals surface area contributed by atoms with E-state index >= 15 is 0 Å². The van der Waals surface area contributed by atoms with E-state index in [2.05, 4.69) is 25.3 Å². The summed E-state index contributed by atoms with van der Waals surface area (Å²) in [7, 11) is 0. The average molecular weight is 420 g/mol. The van der Waals surface area contributed by atoms with E-state index in [4.69, 9.17) is 15.7 Å². The van der Waals surface area contributed by atoms with Gasteiger partial charge in [0.2, 0.25) is 5.95 Å². The molecule has 5 rings (SSSR count). The zero-order valence-corrected chi connectivity index (χ0v) is 17.1. The van der Waals surface area contributed by atoms with Crippen molar-refractivity contribution >= 4 is 22.7 Å². The molecule has 156 valence electrons. The van der Waals surface area contributed by atoms with Gasteiger partial charge < -0.3 is 11.1 Å². The van der Waals surface area contributed by atoms with Crippen LogP contribution in [0, 0.1) is 0 Å². The van der Waals surface area contributed by atoms with Crippen molar-refractivity contribution in [3.8, 4) is 11.4 Å². The third-order valence-corrected chi connectivity index (χ3v) is 5.22. The van der Waals surface area contributed by atoms with E-state index in [9.17, 15) is 0 Å². The highest BCUT2D eigenvalue weighted by molar-refractivity contribution is 5.90. The van der Waals surface area contributed by atoms with Crippen molar-refractivity contribution in [2.45, 2.75) is 5.92 Å². The molecule has 1 aromatic carbocycles. The predicted octanol–water partition coefficient (Wildman–Crippen LogP) is 3.70. The number of rotatable bonds is 6. The molecule has 0 aliphatic carbocycles. The van der Waals surface area contributed by atoms with Crippen molar-refractivity contribution < 1.29 is 0 Å². The molecule has 8 heteroatoms. The van der Waals surface area contributed by atoms with E-state index in [1.165, 1.54) is 0 Å². The lowest BCUT2D eigenvalue weighted by Crippen LogP contribution is -2.15. The highest BCUT2D eigenvalue weighted by Crippen LogP contribution is 2.28. The zero-order valence-electron chi connectivity index (χ0n) is 17.1. The van der Waals surface area contributed by atoms with Crippen LogP contribution in [0.25, 0.3) is 22.3 Å². The number of nitrogens with two attached hydrogens (primary N) is 1. The Labute approximate surface area is 184 Å². The molecule has 0 spiro atoms. The number of nitrogens with zero attached hydrogens (tertiary/aromatic N) is 6. The number of para-hydroxylation sites is 1. The normalized spacial score (nSPS) is 11.0. The minimum Gasteiger partial charge on any atom is -0.368 e. The summed E-state index contributed by atoms with van der Waals surface area (Å²) < 4.78 is 0. The maximum atomic E-state index is 5.63. The highest BCUT2D eigenvalue weighted by atomic mass is 15.0. The first kappa shape index (κ1) is 19.5. The Bertz CT molecular complexity index is 1290. The Morgan fingerprint density at radius 3 is 2.06 bits per heavy atom. The number of anilines is 2. The fourth-order valence-electron chi connectivity index (χ4n) is 3.61. The number of hydrogen-bond acceptors (Lipinski definition) is 8. The fourth-order valence-corrected chi connectivity index (χ4v) is 3.61. The molecule has 0 saturated carbocycles. The van der Waals surface area contributed by atoms with Gasteiger partial charge in [-0.15, -0.1) is 0 Å². The molecule has 3 N–H and O–H groups in total. The third kappa shape index (κ3) is 4.06. The van der Waals surface area contributed by atoms with Gasteiger partial charge >= 0.3 is 0 Å². The molecule has 0 bridgehead atoms. The van der Waals surface area contributed by atoms with Gasteiger partial charge in [0, 0.05) is 55.0 Å². The quantitative estimate of drug-likeness (QED) is 0.427. The molecule has 5 aromatic rings. The molecule has 8 nitrogen and oxygen atoms in total. The molecule has 4 heterocycles. The number of hydrogen-bond donors (Lipinski definition) is 2. The lowest BCUT2D eigenvalue weighted by atomic mass is 9.92. The summed E-state index contributed by atoms with van der Waals surface area (Å²) >= 11 is 0. The van der Waals surface area contributed by atoms with Crippen molar-refractivity contribution in [1.82, 2.24) is 29.9 Å². The summed E-state index contributed by atoms with van der Waals surface area (Å²) in [5, 5.41) is 4.49. The van der Waals surface area contributed by atoms with Crippen LogP contribution in [0.4, 0.5) is 11.8 Å². The van der Waals surface area contributed by atoms with Crippen LogP contribution in [0.15, 0.2) is 85.7 Å². The van der Waals surface area contributed by atoms with Gasteiger partial charge in [0.1, 0.15) is 5.82 Å². The first-order valence-corrected chi connectivity index (χ1v) is 10.2. The molecule has 0 saturated heterocycles. The summed E-state index contributed by atoms with van der Waals surface area (Å²) in [5.74, 6) is 1.59. The number of benzene rings is 1. The molecule has 0 aliphatic rings. The number of fused-ring (bicyclic) bond motifs is 1. The zero-order chi connectivity index (χ0) is 21.8. The van der Waals surface area contributed by atoms with Crippen molar-refractivity contribution in [2.75, 3.05) is 17.6 Å².